The van der Waals surface area contributed by atoms with Gasteiger partial charge in [-0.3, -0.25) is 14.4 Å². The van der Waals surface area contributed by atoms with Crippen LogP contribution >= 0.6 is 0 Å². The Morgan fingerprint density at radius 3 is 2.45 bits per heavy atom. The number of nitrogens with zero attached hydrogens (tertiary/aromatic N) is 3. The van der Waals surface area contributed by atoms with Crippen LogP contribution in [0.4, 0.5) is 13.2 Å². The van der Waals surface area contributed by atoms with E-state index in [0.29, 0.717) is 26.3 Å². The van der Waals surface area contributed by atoms with Gasteiger partial charge in [0.15, 0.2) is 5.69 Å². The van der Waals surface area contributed by atoms with E-state index in [1.165, 1.54) is 0 Å². The minimum Gasteiger partial charge on any atom is -0.379 e. The molecule has 1 fully saturated rings. The highest BCUT2D eigenvalue weighted by Gasteiger charge is 2.40. The van der Waals surface area contributed by atoms with Gasteiger partial charge < -0.3 is 10.1 Å². The molecular formula is C20H25F3N4O2. The van der Waals surface area contributed by atoms with Crippen molar-refractivity contribution in [1.82, 2.24) is 20.0 Å². The van der Waals surface area contributed by atoms with Crippen LogP contribution in [0, 0.1) is 0 Å². The van der Waals surface area contributed by atoms with Crippen molar-refractivity contribution >= 4 is 5.91 Å². The molecule has 29 heavy (non-hydrogen) atoms. The second kappa shape index (κ2) is 8.96. The topological polar surface area (TPSA) is 59.4 Å². The second-order valence-electron chi connectivity index (χ2n) is 7.23. The van der Waals surface area contributed by atoms with E-state index in [0.717, 1.165) is 16.4 Å². The first-order valence-corrected chi connectivity index (χ1v) is 9.58. The summed E-state index contributed by atoms with van der Waals surface area (Å²) in [5.41, 5.74) is -0.490. The molecule has 9 heteroatoms. The zero-order valence-corrected chi connectivity index (χ0v) is 16.4. The number of hydrogen-bond acceptors (Lipinski definition) is 4. The monoisotopic (exact) mass is 410 g/mol. The number of hydrogen-bond donors (Lipinski definition) is 1. The summed E-state index contributed by atoms with van der Waals surface area (Å²) < 4.78 is 46.9. The van der Waals surface area contributed by atoms with Gasteiger partial charge in [-0.2, -0.15) is 18.3 Å². The van der Waals surface area contributed by atoms with Crippen LogP contribution in [0.2, 0.25) is 0 Å². The summed E-state index contributed by atoms with van der Waals surface area (Å²) >= 11 is 0. The average molecular weight is 410 g/mol. The third-order valence-corrected chi connectivity index (χ3v) is 4.92. The highest BCUT2D eigenvalue weighted by Crippen LogP contribution is 2.33. The maximum Gasteiger partial charge on any atom is 0.433 e. The Kier molecular flexibility index (Phi) is 6.59. The Morgan fingerprint density at radius 2 is 1.86 bits per heavy atom. The molecule has 1 amide bonds. The number of nitrogens with one attached hydrogen (secondary N) is 1. The smallest absolute Gasteiger partial charge is 0.379 e. The number of morpholine rings is 1. The standard InChI is InChI=1S/C20H25F3N4O2/c1-14(2)27-18(20(21,22)23)16(12-25-27)19(28)24-13-17(15-6-4-3-5-7-15)26-8-10-29-11-9-26/h3-7,12,14,17H,8-11,13H2,1-2H3,(H,24,28). The lowest BCUT2D eigenvalue weighted by molar-refractivity contribution is -0.145. The van der Waals surface area contributed by atoms with Crippen molar-refractivity contribution in [2.45, 2.75) is 32.1 Å². The number of amides is 1. The molecule has 1 atom stereocenters. The molecule has 1 N–H and O–H groups in total. The highest BCUT2D eigenvalue weighted by atomic mass is 19.4. The van der Waals surface area contributed by atoms with Crippen LogP contribution in [0.25, 0.3) is 0 Å². The molecule has 1 aromatic carbocycles. The maximum atomic E-state index is 13.6. The van der Waals surface area contributed by atoms with Gasteiger partial charge in [0.05, 0.1) is 31.0 Å². The number of carbonyl (C=O) groups excluding carboxylic acids is 1. The van der Waals surface area contributed by atoms with E-state index in [-0.39, 0.29) is 12.6 Å². The molecule has 158 valence electrons. The van der Waals surface area contributed by atoms with Gasteiger partial charge in [0, 0.05) is 25.7 Å². The lowest BCUT2D eigenvalue weighted by atomic mass is 10.0. The van der Waals surface area contributed by atoms with E-state index < -0.39 is 29.4 Å². The molecule has 0 spiro atoms. The van der Waals surface area contributed by atoms with Crippen LogP contribution in [0.15, 0.2) is 36.5 Å². The Morgan fingerprint density at radius 1 is 1.21 bits per heavy atom. The predicted molar refractivity (Wildman–Crippen MR) is 102 cm³/mol. The number of alkyl halides is 3. The summed E-state index contributed by atoms with van der Waals surface area (Å²) in [6, 6.07) is 8.93. The van der Waals surface area contributed by atoms with E-state index in [1.54, 1.807) is 13.8 Å². The Hall–Kier alpha value is -2.39. The fourth-order valence-corrected chi connectivity index (χ4v) is 3.51. The maximum absolute atomic E-state index is 13.6. The molecule has 0 saturated carbocycles. The van der Waals surface area contributed by atoms with Crippen molar-refractivity contribution in [3.05, 3.63) is 53.3 Å². The summed E-state index contributed by atoms with van der Waals surface area (Å²) in [7, 11) is 0. The summed E-state index contributed by atoms with van der Waals surface area (Å²) in [5, 5.41) is 6.47. The van der Waals surface area contributed by atoms with Crippen LogP contribution in [0.1, 0.15) is 47.5 Å². The van der Waals surface area contributed by atoms with E-state index in [2.05, 4.69) is 15.3 Å². The average Bonchev–Trinajstić information content (AvgIpc) is 3.16. The van der Waals surface area contributed by atoms with Crippen LogP contribution in [0.5, 0.6) is 0 Å². The zero-order chi connectivity index (χ0) is 21.0. The van der Waals surface area contributed by atoms with Crippen molar-refractivity contribution < 1.29 is 22.7 Å². The lowest BCUT2D eigenvalue weighted by Gasteiger charge is -2.35. The number of aromatic nitrogens is 2. The number of rotatable bonds is 6. The highest BCUT2D eigenvalue weighted by molar-refractivity contribution is 5.95. The SMILES string of the molecule is CC(C)n1ncc(C(=O)NCC(c2ccccc2)N2CCOCC2)c1C(F)(F)F. The first-order valence-electron chi connectivity index (χ1n) is 9.58. The molecule has 1 unspecified atom stereocenters. The molecule has 2 aromatic rings. The van der Waals surface area contributed by atoms with Crippen molar-refractivity contribution in [2.24, 2.45) is 0 Å². The zero-order valence-electron chi connectivity index (χ0n) is 16.4. The fraction of sp³-hybridized carbons (Fsp3) is 0.500. The molecule has 2 heterocycles. The van der Waals surface area contributed by atoms with Gasteiger partial charge >= 0.3 is 6.18 Å². The van der Waals surface area contributed by atoms with Gasteiger partial charge in [-0.05, 0) is 19.4 Å². The molecule has 0 radical (unpaired) electrons. The Bertz CT molecular complexity index is 815. The molecule has 1 aliphatic rings. The minimum absolute atomic E-state index is 0.154. The van der Waals surface area contributed by atoms with E-state index in [4.69, 9.17) is 4.74 Å². The van der Waals surface area contributed by atoms with E-state index in [1.807, 2.05) is 30.3 Å². The first-order chi connectivity index (χ1) is 13.8. The van der Waals surface area contributed by atoms with Gasteiger partial charge in [-0.15, -0.1) is 0 Å². The number of benzene rings is 1. The van der Waals surface area contributed by atoms with Crippen molar-refractivity contribution in [3.8, 4) is 0 Å². The molecule has 1 aliphatic heterocycles. The molecule has 0 aliphatic carbocycles. The van der Waals surface area contributed by atoms with Gasteiger partial charge in [-0.25, -0.2) is 0 Å². The van der Waals surface area contributed by atoms with Gasteiger partial charge in [0.25, 0.3) is 5.91 Å². The molecule has 1 aromatic heterocycles. The molecule has 0 bridgehead atoms. The van der Waals surface area contributed by atoms with E-state index >= 15 is 0 Å². The number of carbonyl (C=O) groups is 1. The minimum atomic E-state index is -4.67. The molecule has 3 rings (SSSR count). The van der Waals surface area contributed by atoms with Gasteiger partial charge in [0.1, 0.15) is 0 Å². The van der Waals surface area contributed by atoms with Crippen LogP contribution in [-0.2, 0) is 10.9 Å². The number of halogens is 3. The van der Waals surface area contributed by atoms with E-state index in [9.17, 15) is 18.0 Å². The van der Waals surface area contributed by atoms with Crippen molar-refractivity contribution in [1.29, 1.82) is 0 Å². The Balaban J connectivity index is 1.80. The summed E-state index contributed by atoms with van der Waals surface area (Å²) in [6.07, 6.45) is -3.68. The van der Waals surface area contributed by atoms with Crippen LogP contribution in [-0.4, -0.2) is 53.4 Å². The third kappa shape index (κ3) is 4.97. The van der Waals surface area contributed by atoms with Crippen LogP contribution in [0.3, 0.4) is 0 Å². The lowest BCUT2D eigenvalue weighted by Crippen LogP contribution is -2.44. The number of ether oxygens (including phenoxy) is 1. The van der Waals surface area contributed by atoms with Gasteiger partial charge in [0.2, 0.25) is 0 Å². The predicted octanol–water partition coefficient (Wildman–Crippen LogP) is 3.29. The largest absolute Gasteiger partial charge is 0.433 e. The summed E-state index contributed by atoms with van der Waals surface area (Å²) in [4.78, 5) is 14.8. The molecule has 1 saturated heterocycles. The van der Waals surface area contributed by atoms with Crippen molar-refractivity contribution in [3.63, 3.8) is 0 Å². The summed E-state index contributed by atoms with van der Waals surface area (Å²) in [5.74, 6) is -0.779. The van der Waals surface area contributed by atoms with Crippen LogP contribution < -0.4 is 5.32 Å². The quantitative estimate of drug-likeness (QED) is 0.794. The third-order valence-electron chi connectivity index (χ3n) is 4.92. The molecule has 6 nitrogen and oxygen atoms in total. The Labute approximate surface area is 167 Å². The fourth-order valence-electron chi connectivity index (χ4n) is 3.51. The first kappa shape index (κ1) is 21.3. The van der Waals surface area contributed by atoms with Gasteiger partial charge in [-0.1, -0.05) is 30.3 Å². The second-order valence-corrected chi connectivity index (χ2v) is 7.23. The normalized spacial score (nSPS) is 16.8. The van der Waals surface area contributed by atoms with Crippen molar-refractivity contribution in [2.75, 3.05) is 32.8 Å². The molecular weight excluding hydrogens is 385 g/mol. The summed E-state index contributed by atoms with van der Waals surface area (Å²) in [6.45, 7) is 5.91.